The minimum absolute atomic E-state index is 0.753. The van der Waals surface area contributed by atoms with Crippen LogP contribution < -0.4 is 5.32 Å². The van der Waals surface area contributed by atoms with Gasteiger partial charge >= 0.3 is 0 Å². The number of nitrogens with one attached hydrogen (secondary N) is 1. The lowest BCUT2D eigenvalue weighted by Gasteiger charge is -2.26. The number of rotatable bonds is 3. The Balaban J connectivity index is 1.78. The van der Waals surface area contributed by atoms with Crippen LogP contribution in [-0.2, 0) is 0 Å². The fraction of sp³-hybridized carbons (Fsp3) is 1.00. The minimum Gasteiger partial charge on any atom is -0.310 e. The lowest BCUT2D eigenvalue weighted by atomic mass is 9.98. The monoisotopic (exact) mass is 213 g/mol. The molecule has 0 bridgehead atoms. The van der Waals surface area contributed by atoms with E-state index in [-0.39, 0.29) is 0 Å². The number of thioether (sulfide) groups is 1. The Bertz CT molecular complexity index is 177. The third kappa shape index (κ3) is 2.46. The summed E-state index contributed by atoms with van der Waals surface area (Å²) in [5.74, 6) is 2.32. The molecule has 0 radical (unpaired) electrons. The highest BCUT2D eigenvalue weighted by molar-refractivity contribution is 8.00. The van der Waals surface area contributed by atoms with Gasteiger partial charge in [-0.3, -0.25) is 0 Å². The van der Waals surface area contributed by atoms with Crippen molar-refractivity contribution >= 4 is 11.8 Å². The van der Waals surface area contributed by atoms with Crippen molar-refractivity contribution in [1.82, 2.24) is 5.32 Å². The van der Waals surface area contributed by atoms with Gasteiger partial charge < -0.3 is 5.32 Å². The molecular formula is C12H23NS. The van der Waals surface area contributed by atoms with Gasteiger partial charge in [-0.15, -0.1) is 0 Å². The highest BCUT2D eigenvalue weighted by atomic mass is 32.2. The van der Waals surface area contributed by atoms with Gasteiger partial charge in [0.25, 0.3) is 0 Å². The molecule has 0 amide bonds. The number of hydrogen-bond donors (Lipinski definition) is 1. The third-order valence-electron chi connectivity index (χ3n) is 3.96. The molecule has 0 spiro atoms. The lowest BCUT2D eigenvalue weighted by molar-refractivity contribution is 0.340. The molecule has 3 atom stereocenters. The fourth-order valence-corrected chi connectivity index (χ4v) is 4.09. The largest absolute Gasteiger partial charge is 0.310 e. The minimum atomic E-state index is 0.753. The molecule has 1 nitrogen and oxygen atoms in total. The van der Waals surface area contributed by atoms with Crippen LogP contribution >= 0.6 is 11.8 Å². The zero-order valence-corrected chi connectivity index (χ0v) is 10.3. The van der Waals surface area contributed by atoms with E-state index in [9.17, 15) is 0 Å². The van der Waals surface area contributed by atoms with E-state index in [2.05, 4.69) is 30.9 Å². The van der Waals surface area contributed by atoms with Crippen LogP contribution in [0.2, 0.25) is 0 Å². The van der Waals surface area contributed by atoms with Gasteiger partial charge in [-0.05, 0) is 37.9 Å². The van der Waals surface area contributed by atoms with E-state index >= 15 is 0 Å². The average Bonchev–Trinajstić information content (AvgIpc) is 2.77. The summed E-state index contributed by atoms with van der Waals surface area (Å²) in [6.45, 7) is 4.77. The standard InChI is InChI=1S/C12H23NS/c1-9(11-5-3-4-6-11)13-12-7-8-14-10(12)2/h9-13H,3-8H2,1-2H3. The molecule has 1 aliphatic heterocycles. The Morgan fingerprint density at radius 1 is 1.21 bits per heavy atom. The van der Waals surface area contributed by atoms with Gasteiger partial charge in [-0.2, -0.15) is 11.8 Å². The zero-order chi connectivity index (χ0) is 9.97. The normalized spacial score (nSPS) is 36.4. The van der Waals surface area contributed by atoms with E-state index in [1.54, 1.807) is 0 Å². The van der Waals surface area contributed by atoms with Gasteiger partial charge in [-0.25, -0.2) is 0 Å². The van der Waals surface area contributed by atoms with E-state index < -0.39 is 0 Å². The van der Waals surface area contributed by atoms with E-state index in [4.69, 9.17) is 0 Å². The molecule has 1 saturated carbocycles. The molecule has 2 rings (SSSR count). The van der Waals surface area contributed by atoms with Crippen molar-refractivity contribution in [2.45, 2.75) is 63.3 Å². The molecule has 2 heteroatoms. The Morgan fingerprint density at radius 2 is 1.93 bits per heavy atom. The van der Waals surface area contributed by atoms with Crippen LogP contribution in [0, 0.1) is 5.92 Å². The quantitative estimate of drug-likeness (QED) is 0.773. The molecule has 1 heterocycles. The van der Waals surface area contributed by atoms with Crippen molar-refractivity contribution in [3.05, 3.63) is 0 Å². The Kier molecular flexibility index (Phi) is 3.78. The summed E-state index contributed by atoms with van der Waals surface area (Å²) in [6, 6.07) is 1.54. The fourth-order valence-electron chi connectivity index (χ4n) is 2.88. The second kappa shape index (κ2) is 4.89. The first-order valence-corrected chi connectivity index (χ1v) is 7.20. The second-order valence-corrected chi connectivity index (χ2v) is 6.46. The molecule has 0 aromatic carbocycles. The van der Waals surface area contributed by atoms with Crippen LogP contribution in [0.3, 0.4) is 0 Å². The first-order valence-electron chi connectivity index (χ1n) is 6.15. The van der Waals surface area contributed by atoms with Crippen molar-refractivity contribution in [3.8, 4) is 0 Å². The average molecular weight is 213 g/mol. The van der Waals surface area contributed by atoms with E-state index in [0.717, 1.165) is 23.3 Å². The zero-order valence-electron chi connectivity index (χ0n) is 9.46. The maximum atomic E-state index is 3.85. The SMILES string of the molecule is CC(NC1CCSC1C)C1CCCC1. The predicted molar refractivity (Wildman–Crippen MR) is 64.9 cm³/mol. The van der Waals surface area contributed by atoms with Crippen LogP contribution in [0.5, 0.6) is 0 Å². The van der Waals surface area contributed by atoms with Crippen molar-refractivity contribution < 1.29 is 0 Å². The smallest absolute Gasteiger partial charge is 0.0194 e. The molecule has 14 heavy (non-hydrogen) atoms. The summed E-state index contributed by atoms with van der Waals surface area (Å²) in [6.07, 6.45) is 7.23. The highest BCUT2D eigenvalue weighted by Crippen LogP contribution is 2.30. The Labute approximate surface area is 92.4 Å². The van der Waals surface area contributed by atoms with Crippen LogP contribution in [0.1, 0.15) is 46.0 Å². The first kappa shape index (κ1) is 10.8. The summed E-state index contributed by atoms with van der Waals surface area (Å²) in [5, 5.41) is 4.68. The molecule has 1 aliphatic carbocycles. The Hall–Kier alpha value is 0.310. The van der Waals surface area contributed by atoms with Crippen molar-refractivity contribution in [3.63, 3.8) is 0 Å². The van der Waals surface area contributed by atoms with E-state index in [0.29, 0.717) is 0 Å². The second-order valence-electron chi connectivity index (χ2n) is 4.97. The van der Waals surface area contributed by atoms with Gasteiger partial charge in [0.05, 0.1) is 0 Å². The van der Waals surface area contributed by atoms with Gasteiger partial charge in [0.2, 0.25) is 0 Å². The van der Waals surface area contributed by atoms with Crippen LogP contribution in [-0.4, -0.2) is 23.1 Å². The van der Waals surface area contributed by atoms with Crippen molar-refractivity contribution in [1.29, 1.82) is 0 Å². The molecule has 2 aliphatic rings. The summed E-state index contributed by atoms with van der Waals surface area (Å²) in [7, 11) is 0. The van der Waals surface area contributed by atoms with Gasteiger partial charge in [0.15, 0.2) is 0 Å². The van der Waals surface area contributed by atoms with Gasteiger partial charge in [-0.1, -0.05) is 19.8 Å². The molecule has 3 unspecified atom stereocenters. The molecule has 1 N–H and O–H groups in total. The molecule has 1 saturated heterocycles. The highest BCUT2D eigenvalue weighted by Gasteiger charge is 2.28. The molecule has 0 aromatic rings. The maximum Gasteiger partial charge on any atom is 0.0194 e. The summed E-state index contributed by atoms with van der Waals surface area (Å²) in [5.41, 5.74) is 0. The maximum absolute atomic E-state index is 3.85. The molecule has 2 fully saturated rings. The summed E-state index contributed by atoms with van der Waals surface area (Å²) < 4.78 is 0. The van der Waals surface area contributed by atoms with Crippen LogP contribution in [0.15, 0.2) is 0 Å². The number of hydrogen-bond acceptors (Lipinski definition) is 2. The summed E-state index contributed by atoms with van der Waals surface area (Å²) >= 11 is 2.13. The van der Waals surface area contributed by atoms with Gasteiger partial charge in [0, 0.05) is 17.3 Å². The summed E-state index contributed by atoms with van der Waals surface area (Å²) in [4.78, 5) is 0. The van der Waals surface area contributed by atoms with Crippen molar-refractivity contribution in [2.75, 3.05) is 5.75 Å². The van der Waals surface area contributed by atoms with Crippen LogP contribution in [0.25, 0.3) is 0 Å². The lowest BCUT2D eigenvalue weighted by Crippen LogP contribution is -2.42. The molecule has 0 aromatic heterocycles. The third-order valence-corrected chi connectivity index (χ3v) is 5.29. The topological polar surface area (TPSA) is 12.0 Å². The van der Waals surface area contributed by atoms with Gasteiger partial charge in [0.1, 0.15) is 0 Å². The van der Waals surface area contributed by atoms with E-state index in [1.165, 1.54) is 37.9 Å². The van der Waals surface area contributed by atoms with Crippen molar-refractivity contribution in [2.24, 2.45) is 5.92 Å². The molecule has 82 valence electrons. The van der Waals surface area contributed by atoms with E-state index in [1.807, 2.05) is 0 Å². The first-order chi connectivity index (χ1) is 6.77. The van der Waals surface area contributed by atoms with Crippen LogP contribution in [0.4, 0.5) is 0 Å². The predicted octanol–water partition coefficient (Wildman–Crippen LogP) is 3.05. The Morgan fingerprint density at radius 3 is 2.50 bits per heavy atom. The molecular weight excluding hydrogens is 190 g/mol.